The predicted octanol–water partition coefficient (Wildman–Crippen LogP) is 3.29. The lowest BCUT2D eigenvalue weighted by molar-refractivity contribution is -0.121. The van der Waals surface area contributed by atoms with E-state index in [1.165, 1.54) is 22.7 Å². The van der Waals surface area contributed by atoms with Gasteiger partial charge in [0.2, 0.25) is 15.9 Å². The number of sulfonamides is 1. The maximum Gasteiger partial charge on any atom is 0.232 e. The molecule has 2 aromatic carbocycles. The summed E-state index contributed by atoms with van der Waals surface area (Å²) in [5.74, 6) is -0.413. The van der Waals surface area contributed by atoms with E-state index >= 15 is 0 Å². The van der Waals surface area contributed by atoms with E-state index in [2.05, 4.69) is 5.32 Å². The normalized spacial score (nSPS) is 11.2. The van der Waals surface area contributed by atoms with Crippen molar-refractivity contribution in [2.75, 3.05) is 23.7 Å². The zero-order valence-corrected chi connectivity index (χ0v) is 17.1. The molecule has 0 unspecified atom stereocenters. The highest BCUT2D eigenvalue weighted by Gasteiger charge is 2.17. The van der Waals surface area contributed by atoms with Gasteiger partial charge in [0.15, 0.2) is 0 Å². The average Bonchev–Trinajstić information content (AvgIpc) is 2.66. The zero-order valence-electron chi connectivity index (χ0n) is 16.3. The Kier molecular flexibility index (Phi) is 7.99. The molecule has 152 valence electrons. The third kappa shape index (κ3) is 6.96. The van der Waals surface area contributed by atoms with Crippen molar-refractivity contribution < 1.29 is 17.6 Å². The lowest BCUT2D eigenvalue weighted by Gasteiger charge is -2.22. The van der Waals surface area contributed by atoms with Gasteiger partial charge in [-0.2, -0.15) is 0 Å². The number of carbonyl (C=O) groups is 1. The minimum absolute atomic E-state index is 0.128. The molecule has 5 nitrogen and oxygen atoms in total. The lowest BCUT2D eigenvalue weighted by atomic mass is 10.1. The second kappa shape index (κ2) is 10.2. The van der Waals surface area contributed by atoms with Gasteiger partial charge < -0.3 is 5.32 Å². The van der Waals surface area contributed by atoms with Crippen molar-refractivity contribution in [3.63, 3.8) is 0 Å². The topological polar surface area (TPSA) is 66.5 Å². The maximum absolute atomic E-state index is 12.9. The Morgan fingerprint density at radius 1 is 1.04 bits per heavy atom. The van der Waals surface area contributed by atoms with Gasteiger partial charge in [0.25, 0.3) is 0 Å². The predicted molar refractivity (Wildman–Crippen MR) is 110 cm³/mol. The summed E-state index contributed by atoms with van der Waals surface area (Å²) in [6.45, 7) is 2.74. The van der Waals surface area contributed by atoms with E-state index in [9.17, 15) is 17.6 Å². The van der Waals surface area contributed by atoms with Crippen LogP contribution in [0, 0.1) is 5.82 Å². The van der Waals surface area contributed by atoms with Crippen molar-refractivity contribution in [1.29, 1.82) is 0 Å². The first kappa shape index (κ1) is 21.9. The highest BCUT2D eigenvalue weighted by molar-refractivity contribution is 7.92. The number of rotatable bonds is 10. The zero-order chi connectivity index (χ0) is 20.6. The molecule has 0 aliphatic carbocycles. The van der Waals surface area contributed by atoms with Crippen molar-refractivity contribution in [2.24, 2.45) is 0 Å². The number of hydrogen-bond acceptors (Lipinski definition) is 3. The molecular formula is C21H27FN2O3S. The molecule has 0 bridgehead atoms. The number of anilines is 1. The maximum atomic E-state index is 12.9. The molecule has 0 heterocycles. The number of amides is 1. The molecule has 0 fully saturated rings. The standard InChI is InChI=1S/C21H27FN2O3S/c1-3-17-8-12-20(13-9-17)24(28(2,26)27)16-4-5-21(25)23-15-14-18-6-10-19(22)11-7-18/h6-13H,3-5,14-16H2,1-2H3,(H,23,25). The summed E-state index contributed by atoms with van der Waals surface area (Å²) in [4.78, 5) is 12.0. The Balaban J connectivity index is 1.80. The minimum atomic E-state index is -3.42. The number of benzene rings is 2. The largest absolute Gasteiger partial charge is 0.356 e. The molecule has 0 aliphatic rings. The molecule has 2 rings (SSSR count). The van der Waals surface area contributed by atoms with Crippen LogP contribution >= 0.6 is 0 Å². The molecule has 0 spiro atoms. The van der Waals surface area contributed by atoms with Gasteiger partial charge in [0.1, 0.15) is 5.82 Å². The third-order valence-electron chi connectivity index (χ3n) is 4.45. The molecule has 28 heavy (non-hydrogen) atoms. The van der Waals surface area contributed by atoms with Gasteiger partial charge in [-0.05, 0) is 54.7 Å². The van der Waals surface area contributed by atoms with Crippen LogP contribution in [0.15, 0.2) is 48.5 Å². The van der Waals surface area contributed by atoms with Gasteiger partial charge in [-0.15, -0.1) is 0 Å². The summed E-state index contributed by atoms with van der Waals surface area (Å²) >= 11 is 0. The number of nitrogens with one attached hydrogen (secondary N) is 1. The Morgan fingerprint density at radius 2 is 1.64 bits per heavy atom. The minimum Gasteiger partial charge on any atom is -0.356 e. The molecule has 0 radical (unpaired) electrons. The van der Waals surface area contributed by atoms with Crippen LogP contribution in [-0.4, -0.2) is 33.7 Å². The third-order valence-corrected chi connectivity index (χ3v) is 5.64. The van der Waals surface area contributed by atoms with E-state index < -0.39 is 10.0 Å². The first-order valence-corrected chi connectivity index (χ1v) is 11.2. The number of halogens is 1. The monoisotopic (exact) mass is 406 g/mol. The van der Waals surface area contributed by atoms with Crippen LogP contribution in [0.4, 0.5) is 10.1 Å². The van der Waals surface area contributed by atoms with Gasteiger partial charge in [0.05, 0.1) is 11.9 Å². The number of nitrogens with zero attached hydrogens (tertiary/aromatic N) is 1. The Morgan fingerprint density at radius 3 is 2.21 bits per heavy atom. The van der Waals surface area contributed by atoms with E-state index in [0.29, 0.717) is 25.1 Å². The van der Waals surface area contributed by atoms with Crippen LogP contribution < -0.4 is 9.62 Å². The summed E-state index contributed by atoms with van der Waals surface area (Å²) in [6, 6.07) is 13.6. The second-order valence-corrected chi connectivity index (χ2v) is 8.59. The summed E-state index contributed by atoms with van der Waals surface area (Å²) in [5, 5.41) is 2.81. The Bertz CT molecular complexity index is 866. The molecule has 0 aliphatic heterocycles. The van der Waals surface area contributed by atoms with Gasteiger partial charge in [-0.1, -0.05) is 31.2 Å². The fourth-order valence-electron chi connectivity index (χ4n) is 2.85. The SMILES string of the molecule is CCc1ccc(N(CCCC(=O)NCCc2ccc(F)cc2)S(C)(=O)=O)cc1. The van der Waals surface area contributed by atoms with Crippen molar-refractivity contribution in [2.45, 2.75) is 32.6 Å². The van der Waals surface area contributed by atoms with Crippen LogP contribution in [0.5, 0.6) is 0 Å². The second-order valence-electron chi connectivity index (χ2n) is 6.69. The highest BCUT2D eigenvalue weighted by Crippen LogP contribution is 2.19. The summed E-state index contributed by atoms with van der Waals surface area (Å²) in [6.07, 6.45) is 3.33. The van der Waals surface area contributed by atoms with Crippen molar-refractivity contribution in [3.05, 3.63) is 65.5 Å². The quantitative estimate of drug-likeness (QED) is 0.658. The lowest BCUT2D eigenvalue weighted by Crippen LogP contribution is -2.32. The molecular weight excluding hydrogens is 379 g/mol. The van der Waals surface area contributed by atoms with Crippen LogP contribution in [0.25, 0.3) is 0 Å². The van der Waals surface area contributed by atoms with Crippen molar-refractivity contribution >= 4 is 21.6 Å². The molecule has 0 aromatic heterocycles. The van der Waals surface area contributed by atoms with E-state index in [0.717, 1.165) is 17.5 Å². The molecule has 2 aromatic rings. The van der Waals surface area contributed by atoms with Crippen LogP contribution in [-0.2, 0) is 27.7 Å². The first-order chi connectivity index (χ1) is 13.3. The van der Waals surface area contributed by atoms with Crippen molar-refractivity contribution in [1.82, 2.24) is 5.32 Å². The van der Waals surface area contributed by atoms with E-state index in [1.54, 1.807) is 24.3 Å². The summed E-state index contributed by atoms with van der Waals surface area (Å²) in [5.41, 5.74) is 2.69. The highest BCUT2D eigenvalue weighted by atomic mass is 32.2. The molecule has 1 N–H and O–H groups in total. The molecule has 0 atom stereocenters. The molecule has 0 saturated carbocycles. The molecule has 7 heteroatoms. The van der Waals surface area contributed by atoms with Crippen LogP contribution in [0.2, 0.25) is 0 Å². The van der Waals surface area contributed by atoms with E-state index in [1.807, 2.05) is 19.1 Å². The fourth-order valence-corrected chi connectivity index (χ4v) is 3.82. The molecule has 1 amide bonds. The Hall–Kier alpha value is -2.41. The number of hydrogen-bond donors (Lipinski definition) is 1. The first-order valence-electron chi connectivity index (χ1n) is 9.37. The fraction of sp³-hybridized carbons (Fsp3) is 0.381. The summed E-state index contributed by atoms with van der Waals surface area (Å²) in [7, 11) is -3.42. The van der Waals surface area contributed by atoms with Gasteiger partial charge in [0, 0.05) is 19.5 Å². The van der Waals surface area contributed by atoms with Crippen molar-refractivity contribution in [3.8, 4) is 0 Å². The summed E-state index contributed by atoms with van der Waals surface area (Å²) < 4.78 is 38.4. The van der Waals surface area contributed by atoms with Gasteiger partial charge >= 0.3 is 0 Å². The average molecular weight is 407 g/mol. The Labute approximate surface area is 166 Å². The van der Waals surface area contributed by atoms with Crippen LogP contribution in [0.1, 0.15) is 30.9 Å². The number of aryl methyl sites for hydroxylation is 1. The smallest absolute Gasteiger partial charge is 0.232 e. The van der Waals surface area contributed by atoms with Gasteiger partial charge in [-0.3, -0.25) is 9.10 Å². The molecule has 0 saturated heterocycles. The van der Waals surface area contributed by atoms with Crippen LogP contribution in [0.3, 0.4) is 0 Å². The number of carbonyl (C=O) groups excluding carboxylic acids is 1. The van der Waals surface area contributed by atoms with Gasteiger partial charge in [-0.25, -0.2) is 12.8 Å². The van der Waals surface area contributed by atoms with E-state index in [4.69, 9.17) is 0 Å². The van der Waals surface area contributed by atoms with E-state index in [-0.39, 0.29) is 24.7 Å².